The highest BCUT2D eigenvalue weighted by Gasteiger charge is 2.26. The van der Waals surface area contributed by atoms with E-state index in [2.05, 4.69) is 21.2 Å². The van der Waals surface area contributed by atoms with Gasteiger partial charge in [0.2, 0.25) is 5.56 Å². The lowest BCUT2D eigenvalue weighted by atomic mass is 9.96. The van der Waals surface area contributed by atoms with Gasteiger partial charge in [-0.2, -0.15) is 9.61 Å². The molecule has 0 amide bonds. The summed E-state index contributed by atoms with van der Waals surface area (Å²) in [5, 5.41) is 13.7. The molecule has 3 aromatic heterocycles. The second-order valence-corrected chi connectivity index (χ2v) is 7.76. The number of fused-ring (bicyclic) bond motifs is 2. The number of rotatable bonds is 3. The molecule has 1 aliphatic carbocycles. The standard InChI is InChI=1S/C20H24N6O/c1-24-16(5-3-7-19(24)27)13-25-10-8-14(9-11-25)20-22-21-18-12-15-4-2-6-17(15)23-26(18)20/h3,5,7,12,14H,2,4,6,8-11,13H2,1H3. The number of likely N-dealkylation sites (tertiary alicyclic amines) is 1. The zero-order valence-electron chi connectivity index (χ0n) is 15.6. The molecular formula is C20H24N6O. The molecule has 7 nitrogen and oxygen atoms in total. The summed E-state index contributed by atoms with van der Waals surface area (Å²) < 4.78 is 3.72. The quantitative estimate of drug-likeness (QED) is 0.707. The number of hydrogen-bond acceptors (Lipinski definition) is 5. The van der Waals surface area contributed by atoms with Crippen molar-refractivity contribution in [3.63, 3.8) is 0 Å². The minimum Gasteiger partial charge on any atom is -0.314 e. The predicted octanol–water partition coefficient (Wildman–Crippen LogP) is 1.69. The van der Waals surface area contributed by atoms with Crippen LogP contribution in [0.15, 0.2) is 29.1 Å². The number of aromatic nitrogens is 5. The molecule has 3 aromatic rings. The largest absolute Gasteiger partial charge is 0.314 e. The van der Waals surface area contributed by atoms with Crippen molar-refractivity contribution in [2.24, 2.45) is 7.05 Å². The van der Waals surface area contributed by atoms with Gasteiger partial charge in [0.15, 0.2) is 11.5 Å². The van der Waals surface area contributed by atoms with Crippen LogP contribution in [0.3, 0.4) is 0 Å². The molecule has 1 saturated heterocycles. The molecule has 0 atom stereocenters. The molecule has 7 heteroatoms. The lowest BCUT2D eigenvalue weighted by molar-refractivity contribution is 0.196. The molecule has 5 rings (SSSR count). The first-order chi connectivity index (χ1) is 13.2. The second kappa shape index (κ2) is 6.56. The highest BCUT2D eigenvalue weighted by atomic mass is 16.1. The third-order valence-electron chi connectivity index (χ3n) is 6.07. The highest BCUT2D eigenvalue weighted by Crippen LogP contribution is 2.29. The molecule has 0 spiro atoms. The minimum atomic E-state index is 0.0518. The Kier molecular flexibility index (Phi) is 4.04. The normalized spacial score (nSPS) is 18.3. The Balaban J connectivity index is 1.31. The topological polar surface area (TPSA) is 68.3 Å². The number of pyridine rings is 1. The summed E-state index contributed by atoms with van der Waals surface area (Å²) in [5.41, 5.74) is 4.55. The van der Waals surface area contributed by atoms with Gasteiger partial charge in [0, 0.05) is 31.3 Å². The lowest BCUT2D eigenvalue weighted by Crippen LogP contribution is -2.35. The highest BCUT2D eigenvalue weighted by molar-refractivity contribution is 5.43. The summed E-state index contributed by atoms with van der Waals surface area (Å²) in [4.78, 5) is 14.2. The Morgan fingerprint density at radius 2 is 2.00 bits per heavy atom. The molecule has 4 heterocycles. The molecule has 0 N–H and O–H groups in total. The van der Waals surface area contributed by atoms with Gasteiger partial charge in [-0.25, -0.2) is 0 Å². The maximum absolute atomic E-state index is 11.8. The van der Waals surface area contributed by atoms with Gasteiger partial charge in [-0.15, -0.1) is 10.2 Å². The smallest absolute Gasteiger partial charge is 0.250 e. The lowest BCUT2D eigenvalue weighted by Gasteiger charge is -2.31. The second-order valence-electron chi connectivity index (χ2n) is 7.76. The van der Waals surface area contributed by atoms with Gasteiger partial charge in [0.1, 0.15) is 0 Å². The Morgan fingerprint density at radius 1 is 1.15 bits per heavy atom. The van der Waals surface area contributed by atoms with Crippen molar-refractivity contribution >= 4 is 5.65 Å². The van der Waals surface area contributed by atoms with E-state index in [-0.39, 0.29) is 5.56 Å². The average molecular weight is 364 g/mol. The fourth-order valence-corrected chi connectivity index (χ4v) is 4.39. The summed E-state index contributed by atoms with van der Waals surface area (Å²) in [5.74, 6) is 1.40. The number of piperidine rings is 1. The van der Waals surface area contributed by atoms with E-state index in [1.807, 2.05) is 23.7 Å². The van der Waals surface area contributed by atoms with E-state index in [4.69, 9.17) is 5.10 Å². The number of hydrogen-bond donors (Lipinski definition) is 0. The molecule has 0 aromatic carbocycles. The van der Waals surface area contributed by atoms with Crippen molar-refractivity contribution in [1.82, 2.24) is 29.3 Å². The third kappa shape index (κ3) is 2.96. The predicted molar refractivity (Wildman–Crippen MR) is 102 cm³/mol. The zero-order chi connectivity index (χ0) is 18.4. The summed E-state index contributed by atoms with van der Waals surface area (Å²) in [6.07, 6.45) is 5.46. The van der Waals surface area contributed by atoms with E-state index in [1.165, 1.54) is 17.7 Å². The maximum atomic E-state index is 11.8. The van der Waals surface area contributed by atoms with Crippen LogP contribution in [0.1, 0.15) is 48.0 Å². The number of nitrogens with zero attached hydrogens (tertiary/aromatic N) is 6. The fourth-order valence-electron chi connectivity index (χ4n) is 4.39. The van der Waals surface area contributed by atoms with Crippen LogP contribution in [0.4, 0.5) is 0 Å². The van der Waals surface area contributed by atoms with E-state index in [1.54, 1.807) is 10.6 Å². The van der Waals surface area contributed by atoms with E-state index < -0.39 is 0 Å². The first-order valence-electron chi connectivity index (χ1n) is 9.80. The average Bonchev–Trinajstić information content (AvgIpc) is 3.30. The molecule has 2 aliphatic rings. The van der Waals surface area contributed by atoms with Crippen LogP contribution < -0.4 is 5.56 Å². The van der Waals surface area contributed by atoms with Gasteiger partial charge in [0.05, 0.1) is 5.69 Å². The SMILES string of the molecule is Cn1c(CN2CCC(c3nnc4cc5c(nn34)CCC5)CC2)cccc1=O. The van der Waals surface area contributed by atoms with Crippen LogP contribution in [0.5, 0.6) is 0 Å². The van der Waals surface area contributed by atoms with Gasteiger partial charge in [0.25, 0.3) is 0 Å². The fraction of sp³-hybridized carbons (Fsp3) is 0.500. The van der Waals surface area contributed by atoms with Crippen molar-refractivity contribution in [2.75, 3.05) is 13.1 Å². The number of aryl methyl sites for hydroxylation is 2. The van der Waals surface area contributed by atoms with E-state index in [0.717, 1.165) is 62.5 Å². The molecule has 1 aliphatic heterocycles. The molecule has 1 fully saturated rings. The van der Waals surface area contributed by atoms with Crippen LogP contribution in [0, 0.1) is 0 Å². The van der Waals surface area contributed by atoms with Crippen LogP contribution in [0.25, 0.3) is 5.65 Å². The van der Waals surface area contributed by atoms with Crippen molar-refractivity contribution in [3.05, 3.63) is 57.4 Å². The molecule has 0 radical (unpaired) electrons. The molecule has 0 bridgehead atoms. The van der Waals surface area contributed by atoms with Gasteiger partial charge in [-0.3, -0.25) is 9.69 Å². The zero-order valence-corrected chi connectivity index (χ0v) is 15.6. The molecule has 140 valence electrons. The Bertz CT molecular complexity index is 1040. The van der Waals surface area contributed by atoms with Crippen molar-refractivity contribution in [2.45, 2.75) is 44.6 Å². The van der Waals surface area contributed by atoms with Crippen LogP contribution in [-0.4, -0.2) is 42.4 Å². The van der Waals surface area contributed by atoms with Crippen molar-refractivity contribution < 1.29 is 0 Å². The molecule has 27 heavy (non-hydrogen) atoms. The molecule has 0 saturated carbocycles. The summed E-state index contributed by atoms with van der Waals surface area (Å²) in [6, 6.07) is 7.65. The summed E-state index contributed by atoms with van der Waals surface area (Å²) in [7, 11) is 1.84. The summed E-state index contributed by atoms with van der Waals surface area (Å²) >= 11 is 0. The first kappa shape index (κ1) is 16.6. The monoisotopic (exact) mass is 364 g/mol. The third-order valence-corrected chi connectivity index (χ3v) is 6.07. The Labute approximate surface area is 157 Å². The van der Waals surface area contributed by atoms with Crippen LogP contribution >= 0.6 is 0 Å². The Morgan fingerprint density at radius 3 is 2.85 bits per heavy atom. The van der Waals surface area contributed by atoms with Gasteiger partial charge in [-0.1, -0.05) is 6.07 Å². The van der Waals surface area contributed by atoms with Crippen LogP contribution in [0.2, 0.25) is 0 Å². The first-order valence-corrected chi connectivity index (χ1v) is 9.80. The van der Waals surface area contributed by atoms with Crippen molar-refractivity contribution in [1.29, 1.82) is 0 Å². The van der Waals surface area contributed by atoms with Gasteiger partial charge >= 0.3 is 0 Å². The van der Waals surface area contributed by atoms with Crippen LogP contribution in [-0.2, 0) is 26.4 Å². The molecular weight excluding hydrogens is 340 g/mol. The molecule has 0 unspecified atom stereocenters. The van der Waals surface area contributed by atoms with E-state index in [0.29, 0.717) is 5.92 Å². The Hall–Kier alpha value is -2.54. The van der Waals surface area contributed by atoms with Crippen molar-refractivity contribution in [3.8, 4) is 0 Å². The van der Waals surface area contributed by atoms with E-state index >= 15 is 0 Å². The van der Waals surface area contributed by atoms with Gasteiger partial charge < -0.3 is 4.57 Å². The van der Waals surface area contributed by atoms with E-state index in [9.17, 15) is 4.79 Å². The minimum absolute atomic E-state index is 0.0518. The maximum Gasteiger partial charge on any atom is 0.250 e. The van der Waals surface area contributed by atoms with Gasteiger partial charge in [-0.05, 0) is 62.9 Å². The summed E-state index contributed by atoms with van der Waals surface area (Å²) in [6.45, 7) is 2.80.